The molecule has 0 unspecified atom stereocenters. The molecule has 1 aliphatic rings. The van der Waals surface area contributed by atoms with Crippen LogP contribution in [0.5, 0.6) is 0 Å². The van der Waals surface area contributed by atoms with Crippen LogP contribution in [-0.2, 0) is 0 Å². The van der Waals surface area contributed by atoms with Gasteiger partial charge in [0, 0.05) is 11.1 Å². The van der Waals surface area contributed by atoms with Gasteiger partial charge in [0.2, 0.25) is 0 Å². The number of nitrogens with one attached hydrogen (secondary N) is 1. The number of aromatic nitrogens is 1. The molecule has 1 N–H and O–H groups in total. The van der Waals surface area contributed by atoms with Crippen molar-refractivity contribution in [1.29, 1.82) is 0 Å². The number of halogens is 1. The zero-order valence-electron chi connectivity index (χ0n) is 7.46. The first-order valence-electron chi connectivity index (χ1n) is 4.64. The summed E-state index contributed by atoms with van der Waals surface area (Å²) in [5.74, 6) is 0. The second-order valence-corrected chi connectivity index (χ2v) is 3.99. The van der Waals surface area contributed by atoms with E-state index in [1.807, 2.05) is 6.07 Å². The number of benzene rings is 1. The molecule has 0 amide bonds. The fourth-order valence-electron chi connectivity index (χ4n) is 1.36. The Hall–Kier alpha value is -1.22. The predicted octanol–water partition coefficient (Wildman–Crippen LogP) is 3.06. The number of anilines is 1. The minimum Gasteiger partial charge on any atom is -0.424 e. The van der Waals surface area contributed by atoms with Crippen molar-refractivity contribution in [2.45, 2.75) is 18.9 Å². The highest BCUT2D eigenvalue weighted by Gasteiger charge is 2.22. The maximum Gasteiger partial charge on any atom is 0.295 e. The molecule has 0 spiro atoms. The molecule has 1 aromatic heterocycles. The monoisotopic (exact) mass is 208 g/mol. The maximum atomic E-state index is 5.84. The van der Waals surface area contributed by atoms with Crippen LogP contribution in [0.15, 0.2) is 22.6 Å². The normalized spacial score (nSPS) is 16.1. The maximum absolute atomic E-state index is 5.84. The summed E-state index contributed by atoms with van der Waals surface area (Å²) in [5, 5.41) is 3.89. The predicted molar refractivity (Wildman–Crippen MR) is 55.7 cm³/mol. The molecule has 14 heavy (non-hydrogen) atoms. The zero-order valence-corrected chi connectivity index (χ0v) is 8.21. The Kier molecular flexibility index (Phi) is 1.67. The lowest BCUT2D eigenvalue weighted by Crippen LogP contribution is -2.00. The molecule has 0 saturated heterocycles. The molecule has 1 fully saturated rings. The van der Waals surface area contributed by atoms with Crippen molar-refractivity contribution in [2.75, 3.05) is 5.32 Å². The Morgan fingerprint density at radius 3 is 3.07 bits per heavy atom. The highest BCUT2D eigenvalue weighted by molar-refractivity contribution is 6.31. The molecule has 3 rings (SSSR count). The van der Waals surface area contributed by atoms with E-state index in [4.69, 9.17) is 16.0 Å². The topological polar surface area (TPSA) is 38.1 Å². The first-order chi connectivity index (χ1) is 6.81. The van der Waals surface area contributed by atoms with E-state index in [1.54, 1.807) is 12.1 Å². The van der Waals surface area contributed by atoms with Gasteiger partial charge in [0.05, 0.1) is 0 Å². The molecule has 0 radical (unpaired) electrons. The van der Waals surface area contributed by atoms with E-state index in [9.17, 15) is 0 Å². The summed E-state index contributed by atoms with van der Waals surface area (Å²) in [6.45, 7) is 0. The first kappa shape index (κ1) is 8.12. The van der Waals surface area contributed by atoms with Crippen LogP contribution in [0.3, 0.4) is 0 Å². The summed E-state index contributed by atoms with van der Waals surface area (Å²) in [6, 6.07) is 6.60. The molecular weight excluding hydrogens is 200 g/mol. The average molecular weight is 209 g/mol. The van der Waals surface area contributed by atoms with Gasteiger partial charge in [-0.3, -0.25) is 0 Å². The molecule has 2 aromatic rings. The van der Waals surface area contributed by atoms with Crippen molar-refractivity contribution in [3.8, 4) is 0 Å². The number of nitrogens with zero attached hydrogens (tertiary/aromatic N) is 1. The van der Waals surface area contributed by atoms with Gasteiger partial charge >= 0.3 is 0 Å². The summed E-state index contributed by atoms with van der Waals surface area (Å²) in [5.41, 5.74) is 1.58. The van der Waals surface area contributed by atoms with Gasteiger partial charge in [0.15, 0.2) is 5.58 Å². The third-order valence-electron chi connectivity index (χ3n) is 2.25. The van der Waals surface area contributed by atoms with Crippen LogP contribution in [0.1, 0.15) is 12.8 Å². The molecule has 0 atom stereocenters. The highest BCUT2D eigenvalue weighted by atomic mass is 35.5. The van der Waals surface area contributed by atoms with Crippen molar-refractivity contribution in [2.24, 2.45) is 0 Å². The summed E-state index contributed by atoms with van der Waals surface area (Å²) >= 11 is 5.84. The van der Waals surface area contributed by atoms with Crippen LogP contribution >= 0.6 is 11.6 Å². The number of hydrogen-bond acceptors (Lipinski definition) is 3. The van der Waals surface area contributed by atoms with Gasteiger partial charge in [0.25, 0.3) is 6.01 Å². The Balaban J connectivity index is 2.01. The fraction of sp³-hybridized carbons (Fsp3) is 0.300. The van der Waals surface area contributed by atoms with E-state index in [2.05, 4.69) is 10.3 Å². The highest BCUT2D eigenvalue weighted by Crippen LogP contribution is 2.27. The van der Waals surface area contributed by atoms with Crippen molar-refractivity contribution < 1.29 is 4.42 Å². The van der Waals surface area contributed by atoms with Crippen LogP contribution in [0.4, 0.5) is 6.01 Å². The van der Waals surface area contributed by atoms with Gasteiger partial charge in [-0.15, -0.1) is 0 Å². The Morgan fingerprint density at radius 1 is 1.43 bits per heavy atom. The lowest BCUT2D eigenvalue weighted by Gasteiger charge is -1.93. The van der Waals surface area contributed by atoms with E-state index in [1.165, 1.54) is 12.8 Å². The Morgan fingerprint density at radius 2 is 2.29 bits per heavy atom. The number of rotatable bonds is 2. The van der Waals surface area contributed by atoms with Gasteiger partial charge < -0.3 is 9.73 Å². The van der Waals surface area contributed by atoms with Crippen LogP contribution in [0.25, 0.3) is 11.1 Å². The molecule has 1 aliphatic carbocycles. The summed E-state index contributed by atoms with van der Waals surface area (Å²) in [7, 11) is 0. The fourth-order valence-corrected chi connectivity index (χ4v) is 1.53. The number of hydrogen-bond donors (Lipinski definition) is 1. The molecule has 0 bridgehead atoms. The Labute approximate surface area is 86.1 Å². The van der Waals surface area contributed by atoms with Crippen LogP contribution in [0.2, 0.25) is 5.02 Å². The van der Waals surface area contributed by atoms with E-state index in [0.717, 1.165) is 11.1 Å². The quantitative estimate of drug-likeness (QED) is 0.825. The van der Waals surface area contributed by atoms with Gasteiger partial charge in [-0.25, -0.2) is 0 Å². The van der Waals surface area contributed by atoms with Crippen molar-refractivity contribution in [1.82, 2.24) is 4.98 Å². The van der Waals surface area contributed by atoms with Crippen molar-refractivity contribution >= 4 is 28.7 Å². The van der Waals surface area contributed by atoms with Crippen LogP contribution in [-0.4, -0.2) is 11.0 Å². The molecule has 72 valence electrons. The number of oxazole rings is 1. The van der Waals surface area contributed by atoms with E-state index < -0.39 is 0 Å². The van der Waals surface area contributed by atoms with Gasteiger partial charge in [-0.2, -0.15) is 4.98 Å². The first-order valence-corrected chi connectivity index (χ1v) is 5.02. The second kappa shape index (κ2) is 2.89. The second-order valence-electron chi connectivity index (χ2n) is 3.55. The molecule has 3 nitrogen and oxygen atoms in total. The molecule has 1 aromatic carbocycles. The van der Waals surface area contributed by atoms with E-state index in [0.29, 0.717) is 17.1 Å². The minimum atomic E-state index is 0.554. The van der Waals surface area contributed by atoms with Gasteiger partial charge in [-0.05, 0) is 31.0 Å². The lowest BCUT2D eigenvalue weighted by atomic mass is 10.3. The van der Waals surface area contributed by atoms with Gasteiger partial charge in [0.1, 0.15) is 5.52 Å². The minimum absolute atomic E-state index is 0.554. The summed E-state index contributed by atoms with van der Waals surface area (Å²) in [4.78, 5) is 4.29. The molecule has 1 heterocycles. The Bertz CT molecular complexity index is 476. The van der Waals surface area contributed by atoms with Crippen LogP contribution < -0.4 is 5.32 Å². The third-order valence-corrected chi connectivity index (χ3v) is 2.49. The molecule has 1 saturated carbocycles. The van der Waals surface area contributed by atoms with E-state index in [-0.39, 0.29) is 0 Å². The smallest absolute Gasteiger partial charge is 0.295 e. The van der Waals surface area contributed by atoms with Crippen molar-refractivity contribution in [3.05, 3.63) is 23.2 Å². The third kappa shape index (κ3) is 1.44. The average Bonchev–Trinajstić information content (AvgIpc) is 2.84. The SMILES string of the molecule is Clc1ccc2oc(NC3CC3)nc2c1. The largest absolute Gasteiger partial charge is 0.424 e. The molecule has 4 heteroatoms. The molecular formula is C10H9ClN2O. The lowest BCUT2D eigenvalue weighted by molar-refractivity contribution is 0.614. The molecule has 0 aliphatic heterocycles. The van der Waals surface area contributed by atoms with Crippen LogP contribution in [0, 0.1) is 0 Å². The van der Waals surface area contributed by atoms with E-state index >= 15 is 0 Å². The zero-order chi connectivity index (χ0) is 9.54. The van der Waals surface area contributed by atoms with Gasteiger partial charge in [-0.1, -0.05) is 11.6 Å². The summed E-state index contributed by atoms with van der Waals surface area (Å²) in [6.07, 6.45) is 2.42. The number of fused-ring (bicyclic) bond motifs is 1. The standard InChI is InChI=1S/C10H9ClN2O/c11-6-1-4-9-8(5-6)13-10(14-9)12-7-2-3-7/h1,4-5,7H,2-3H2,(H,12,13). The van der Waals surface area contributed by atoms with Crippen molar-refractivity contribution in [3.63, 3.8) is 0 Å². The summed E-state index contributed by atoms with van der Waals surface area (Å²) < 4.78 is 5.49.